The Morgan fingerprint density at radius 3 is 2.81 bits per heavy atom. The van der Waals surface area contributed by atoms with Gasteiger partial charge in [-0.15, -0.1) is 0 Å². The van der Waals surface area contributed by atoms with Gasteiger partial charge >= 0.3 is 0 Å². The van der Waals surface area contributed by atoms with Crippen molar-refractivity contribution in [3.05, 3.63) is 77.5 Å². The van der Waals surface area contributed by atoms with Gasteiger partial charge in [0.15, 0.2) is 5.69 Å². The van der Waals surface area contributed by atoms with E-state index in [0.717, 1.165) is 12.8 Å². The summed E-state index contributed by atoms with van der Waals surface area (Å²) >= 11 is 0. The molecule has 1 aromatic carbocycles. The molecule has 0 spiro atoms. The van der Waals surface area contributed by atoms with Crippen molar-refractivity contribution in [1.29, 1.82) is 0 Å². The average Bonchev–Trinajstić information content (AvgIpc) is 3.53. The zero-order valence-corrected chi connectivity index (χ0v) is 20.4. The maximum absolute atomic E-state index is 13.2. The van der Waals surface area contributed by atoms with Crippen LogP contribution >= 0.6 is 0 Å². The van der Waals surface area contributed by atoms with Crippen LogP contribution in [-0.4, -0.2) is 52.4 Å². The van der Waals surface area contributed by atoms with Crippen LogP contribution in [0.2, 0.25) is 0 Å². The van der Waals surface area contributed by atoms with Crippen LogP contribution in [0.1, 0.15) is 39.4 Å². The summed E-state index contributed by atoms with van der Waals surface area (Å²) in [5.74, 6) is -0.195. The van der Waals surface area contributed by atoms with Gasteiger partial charge in [0.25, 0.3) is 17.7 Å². The lowest BCUT2D eigenvalue weighted by atomic mass is 10.0. The number of nitrogens with one attached hydrogen (secondary N) is 2. The second kappa shape index (κ2) is 10.1. The molecule has 1 aliphatic heterocycles. The SMILES string of the molecule is CN1C(=O)[C@@H](NC(=O)c2cc(CC3=CC=CCC3)on2)COc2ccc(NC(=O)c3cnn(C)c3)cc21. The van der Waals surface area contributed by atoms with Gasteiger partial charge in [-0.05, 0) is 31.0 Å². The van der Waals surface area contributed by atoms with Gasteiger partial charge in [0.05, 0.1) is 17.4 Å². The van der Waals surface area contributed by atoms with Gasteiger partial charge in [-0.3, -0.25) is 19.1 Å². The van der Waals surface area contributed by atoms with Gasteiger partial charge in [-0.25, -0.2) is 0 Å². The highest BCUT2D eigenvalue weighted by Crippen LogP contribution is 2.33. The second-order valence-electron chi connectivity index (χ2n) is 8.92. The predicted octanol–water partition coefficient (Wildman–Crippen LogP) is 2.63. The summed E-state index contributed by atoms with van der Waals surface area (Å²) in [6, 6.07) is 5.64. The first-order valence-electron chi connectivity index (χ1n) is 11.8. The standard InChI is InChI=1S/C26H26N6O5/c1-31-14-17(13-27-31)24(33)28-18-8-9-23-22(11-18)32(2)26(35)21(15-36-23)29-25(34)20-12-19(37-30-20)10-16-6-4-3-5-7-16/h3-4,6,8-9,11-14,21H,5,7,10,15H2,1-2H3,(H,28,33)(H,29,34)/t21-/m0/s1. The van der Waals surface area contributed by atoms with Gasteiger partial charge in [0.2, 0.25) is 0 Å². The van der Waals surface area contributed by atoms with E-state index in [4.69, 9.17) is 9.26 Å². The lowest BCUT2D eigenvalue weighted by Gasteiger charge is -2.20. The average molecular weight is 503 g/mol. The fourth-order valence-electron chi connectivity index (χ4n) is 4.18. The van der Waals surface area contributed by atoms with Crippen LogP contribution in [0.15, 0.2) is 65.0 Å². The molecule has 1 aliphatic carbocycles. The summed E-state index contributed by atoms with van der Waals surface area (Å²) in [5, 5.41) is 13.4. The largest absolute Gasteiger partial charge is 0.489 e. The van der Waals surface area contributed by atoms with Gasteiger partial charge in [-0.1, -0.05) is 29.0 Å². The molecular weight excluding hydrogens is 476 g/mol. The normalized spacial score (nSPS) is 16.9. The van der Waals surface area contributed by atoms with E-state index in [-0.39, 0.29) is 24.1 Å². The highest BCUT2D eigenvalue weighted by atomic mass is 16.5. The number of carbonyl (C=O) groups is 3. The molecule has 11 heteroatoms. The molecule has 0 bridgehead atoms. The number of aromatic nitrogens is 3. The molecule has 0 saturated heterocycles. The maximum atomic E-state index is 13.2. The van der Waals surface area contributed by atoms with Crippen molar-refractivity contribution in [1.82, 2.24) is 20.3 Å². The third-order valence-corrected chi connectivity index (χ3v) is 6.18. The summed E-state index contributed by atoms with van der Waals surface area (Å²) in [4.78, 5) is 39.9. The number of benzene rings is 1. The molecule has 2 aromatic heterocycles. The van der Waals surface area contributed by atoms with E-state index in [1.165, 1.54) is 21.4 Å². The van der Waals surface area contributed by atoms with Crippen LogP contribution in [0.25, 0.3) is 0 Å². The summed E-state index contributed by atoms with van der Waals surface area (Å²) in [5.41, 5.74) is 2.65. The minimum Gasteiger partial charge on any atom is -0.489 e. The van der Waals surface area contributed by atoms with Crippen molar-refractivity contribution in [3.8, 4) is 5.75 Å². The summed E-state index contributed by atoms with van der Waals surface area (Å²) in [6.07, 6.45) is 11.7. The van der Waals surface area contributed by atoms with E-state index in [2.05, 4.69) is 27.0 Å². The number of rotatable bonds is 6. The van der Waals surface area contributed by atoms with E-state index in [0.29, 0.717) is 34.9 Å². The van der Waals surface area contributed by atoms with Crippen molar-refractivity contribution in [2.45, 2.75) is 25.3 Å². The molecule has 2 aliphatic rings. The molecule has 0 radical (unpaired) electrons. The summed E-state index contributed by atoms with van der Waals surface area (Å²) in [6.45, 7) is -0.0623. The lowest BCUT2D eigenvalue weighted by Crippen LogP contribution is -2.49. The predicted molar refractivity (Wildman–Crippen MR) is 134 cm³/mol. The van der Waals surface area contributed by atoms with Gasteiger partial charge in [0, 0.05) is 38.5 Å². The quantitative estimate of drug-likeness (QED) is 0.530. The number of ether oxygens (including phenoxy) is 1. The molecule has 2 N–H and O–H groups in total. The minimum absolute atomic E-state index is 0.0623. The highest BCUT2D eigenvalue weighted by molar-refractivity contribution is 6.06. The minimum atomic E-state index is -0.940. The molecule has 1 atom stereocenters. The Balaban J connectivity index is 1.25. The van der Waals surface area contributed by atoms with Crippen molar-refractivity contribution >= 4 is 29.1 Å². The molecule has 0 fully saturated rings. The first-order chi connectivity index (χ1) is 17.9. The van der Waals surface area contributed by atoms with Crippen LogP contribution in [0.4, 0.5) is 11.4 Å². The Bertz CT molecular complexity index is 1420. The monoisotopic (exact) mass is 502 g/mol. The Hall–Kier alpha value is -4.67. The Morgan fingerprint density at radius 2 is 2.05 bits per heavy atom. The number of hydrogen-bond donors (Lipinski definition) is 2. The van der Waals surface area contributed by atoms with Crippen LogP contribution < -0.4 is 20.3 Å². The number of hydrogen-bond acceptors (Lipinski definition) is 7. The fourth-order valence-corrected chi connectivity index (χ4v) is 4.18. The number of allylic oxidation sites excluding steroid dienone is 4. The lowest BCUT2D eigenvalue weighted by molar-refractivity contribution is -0.120. The highest BCUT2D eigenvalue weighted by Gasteiger charge is 2.32. The maximum Gasteiger partial charge on any atom is 0.274 e. The van der Waals surface area contributed by atoms with Crippen LogP contribution in [0.3, 0.4) is 0 Å². The number of nitrogens with zero attached hydrogens (tertiary/aromatic N) is 4. The van der Waals surface area contributed by atoms with E-state index >= 15 is 0 Å². The van der Waals surface area contributed by atoms with Gasteiger partial charge in [0.1, 0.15) is 24.2 Å². The number of aryl methyl sites for hydroxylation is 1. The third kappa shape index (κ3) is 5.30. The smallest absolute Gasteiger partial charge is 0.274 e. The Kier molecular flexibility index (Phi) is 6.59. The third-order valence-electron chi connectivity index (χ3n) is 6.18. The van der Waals surface area contributed by atoms with Crippen molar-refractivity contribution in [3.63, 3.8) is 0 Å². The topological polar surface area (TPSA) is 132 Å². The zero-order chi connectivity index (χ0) is 25.9. The van der Waals surface area contributed by atoms with E-state index in [1.54, 1.807) is 44.6 Å². The number of carbonyl (C=O) groups excluding carboxylic acids is 3. The number of likely N-dealkylation sites (N-methyl/N-ethyl adjacent to an activating group) is 1. The molecule has 5 rings (SSSR count). The van der Waals surface area contributed by atoms with E-state index < -0.39 is 11.9 Å². The van der Waals surface area contributed by atoms with Crippen LogP contribution in [0, 0.1) is 0 Å². The summed E-state index contributed by atoms with van der Waals surface area (Å²) in [7, 11) is 3.31. The van der Waals surface area contributed by atoms with Crippen molar-refractivity contribution in [2.75, 3.05) is 23.9 Å². The molecule has 3 heterocycles. The molecule has 11 nitrogen and oxygen atoms in total. The molecule has 0 unspecified atom stereocenters. The Labute approximate surface area is 212 Å². The van der Waals surface area contributed by atoms with Gasteiger partial charge < -0.3 is 24.8 Å². The van der Waals surface area contributed by atoms with E-state index in [9.17, 15) is 14.4 Å². The number of amides is 3. The zero-order valence-electron chi connectivity index (χ0n) is 20.4. The van der Waals surface area contributed by atoms with E-state index in [1.807, 2.05) is 12.2 Å². The summed E-state index contributed by atoms with van der Waals surface area (Å²) < 4.78 is 12.7. The molecule has 3 aromatic rings. The van der Waals surface area contributed by atoms with Crippen molar-refractivity contribution < 1.29 is 23.6 Å². The Morgan fingerprint density at radius 1 is 1.19 bits per heavy atom. The van der Waals surface area contributed by atoms with Crippen LogP contribution in [-0.2, 0) is 18.3 Å². The molecule has 0 saturated carbocycles. The molecular formula is C26H26N6O5. The number of anilines is 2. The van der Waals surface area contributed by atoms with Crippen molar-refractivity contribution in [2.24, 2.45) is 7.05 Å². The molecule has 3 amide bonds. The molecule has 37 heavy (non-hydrogen) atoms. The number of fused-ring (bicyclic) bond motifs is 1. The fraction of sp³-hybridized carbons (Fsp3) is 0.269. The first kappa shape index (κ1) is 24.0. The van der Waals surface area contributed by atoms with Gasteiger partial charge in [-0.2, -0.15) is 5.10 Å². The van der Waals surface area contributed by atoms with Crippen LogP contribution in [0.5, 0.6) is 5.75 Å². The molecule has 190 valence electrons. The first-order valence-corrected chi connectivity index (χ1v) is 11.8. The second-order valence-corrected chi connectivity index (χ2v) is 8.92.